The first-order valence-corrected chi connectivity index (χ1v) is 12.9. The van der Waals surface area contributed by atoms with Crippen LogP contribution in [-0.4, -0.2) is 56.3 Å². The van der Waals surface area contributed by atoms with Crippen LogP contribution in [0, 0.1) is 0 Å². The Bertz CT molecular complexity index is 1040. The predicted molar refractivity (Wildman–Crippen MR) is 144 cm³/mol. The number of aliphatic hydroxyl groups is 1. The summed E-state index contributed by atoms with van der Waals surface area (Å²) in [6.45, 7) is 2.36. The van der Waals surface area contributed by atoms with Crippen molar-refractivity contribution in [2.24, 2.45) is 0 Å². The summed E-state index contributed by atoms with van der Waals surface area (Å²) in [5.41, 5.74) is 2.34. The van der Waals surface area contributed by atoms with Crippen molar-refractivity contribution < 1.29 is 18.3 Å². The second kappa shape index (κ2) is 11.9. The first-order chi connectivity index (χ1) is 15.2. The van der Waals surface area contributed by atoms with E-state index in [1.54, 1.807) is 0 Å². The number of β-amino-alcohol motifs (C(OH)–C–C–N with tert-alkyl or cyclic N) is 1. The minimum Gasteiger partial charge on any atom is -0.392 e. The largest absolute Gasteiger partial charge is 0.392 e. The molecule has 4 rings (SSSR count). The molecule has 1 aliphatic carbocycles. The van der Waals surface area contributed by atoms with Crippen LogP contribution in [0.25, 0.3) is 0 Å². The van der Waals surface area contributed by atoms with E-state index >= 15 is 0 Å². The molecule has 2 aromatic carbocycles. The van der Waals surface area contributed by atoms with Crippen LogP contribution in [0.2, 0.25) is 0 Å². The van der Waals surface area contributed by atoms with E-state index < -0.39 is 15.4 Å². The van der Waals surface area contributed by atoms with E-state index in [1.807, 2.05) is 54.6 Å². The molecule has 3 N–H and O–H groups in total. The van der Waals surface area contributed by atoms with Gasteiger partial charge in [-0.3, -0.25) is 9.69 Å². The van der Waals surface area contributed by atoms with E-state index in [9.17, 15) is 18.3 Å². The van der Waals surface area contributed by atoms with Crippen molar-refractivity contribution >= 4 is 42.9 Å². The number of carbonyl (C=O) groups excluding carboxylic acids is 1. The van der Waals surface area contributed by atoms with Crippen molar-refractivity contribution in [2.75, 3.05) is 25.9 Å². The molecule has 1 aliphatic heterocycles. The number of sulfonamides is 1. The van der Waals surface area contributed by atoms with Gasteiger partial charge in [0, 0.05) is 26.2 Å². The molecule has 2 fully saturated rings. The highest BCUT2D eigenvalue weighted by molar-refractivity contribution is 7.88. The van der Waals surface area contributed by atoms with Crippen LogP contribution in [0.15, 0.2) is 54.6 Å². The maximum absolute atomic E-state index is 13.4. The number of carbonyl (C=O) groups is 1. The summed E-state index contributed by atoms with van der Waals surface area (Å²) in [6.07, 6.45) is 3.19. The summed E-state index contributed by atoms with van der Waals surface area (Å²) in [4.78, 5) is 15.6. The van der Waals surface area contributed by atoms with Crippen molar-refractivity contribution in [1.82, 2.24) is 14.9 Å². The molecule has 1 saturated heterocycles. The molecule has 0 bridgehead atoms. The lowest BCUT2D eigenvalue weighted by Gasteiger charge is -2.27. The van der Waals surface area contributed by atoms with Crippen LogP contribution in [-0.2, 0) is 26.8 Å². The smallest absolute Gasteiger partial charge is 0.231 e. The Morgan fingerprint density at radius 1 is 1.12 bits per heavy atom. The van der Waals surface area contributed by atoms with Gasteiger partial charge in [0.05, 0.1) is 23.8 Å². The Balaban J connectivity index is 0.00000204. The van der Waals surface area contributed by atoms with Gasteiger partial charge in [0.1, 0.15) is 0 Å². The molecule has 0 spiro atoms. The Morgan fingerprint density at radius 3 is 2.29 bits per heavy atom. The van der Waals surface area contributed by atoms with E-state index in [1.165, 1.54) is 0 Å². The van der Waals surface area contributed by atoms with Gasteiger partial charge in [-0.2, -0.15) is 27.0 Å². The number of likely N-dealkylation sites (tertiary alicyclic amines) is 1. The second-order valence-corrected chi connectivity index (χ2v) is 10.8. The molecule has 2 aromatic rings. The summed E-state index contributed by atoms with van der Waals surface area (Å²) in [5.74, 6) is 0.0214. The van der Waals surface area contributed by atoms with Gasteiger partial charge in [-0.15, -0.1) is 0 Å². The zero-order chi connectivity index (χ0) is 22.8. The van der Waals surface area contributed by atoms with Gasteiger partial charge in [-0.05, 0) is 36.0 Å². The van der Waals surface area contributed by atoms with Crippen molar-refractivity contribution in [1.29, 1.82) is 0 Å². The SMILES string of the molecule is CS(=O)(=O)NCc1ccc(C2(C(=O)N[C@H](CN3CC[C@H](O)C3)c3ccccc3)CC2)cc1.S.S. The summed E-state index contributed by atoms with van der Waals surface area (Å²) in [7, 11) is -3.25. The van der Waals surface area contributed by atoms with Gasteiger partial charge in [0.25, 0.3) is 0 Å². The first kappa shape index (κ1) is 28.7. The molecule has 1 heterocycles. The maximum Gasteiger partial charge on any atom is 0.231 e. The van der Waals surface area contributed by atoms with Gasteiger partial charge in [0.2, 0.25) is 15.9 Å². The monoisotopic (exact) mass is 525 g/mol. The maximum atomic E-state index is 13.4. The number of rotatable bonds is 9. The molecule has 0 aromatic heterocycles. The Labute approximate surface area is 216 Å². The fourth-order valence-electron chi connectivity index (χ4n) is 4.38. The quantitative estimate of drug-likeness (QED) is 0.465. The van der Waals surface area contributed by atoms with Crippen molar-refractivity contribution in [3.63, 3.8) is 0 Å². The molecule has 2 aliphatic rings. The van der Waals surface area contributed by atoms with Crippen LogP contribution in [0.5, 0.6) is 0 Å². The standard InChI is InChI=1S/C24H31N3O4S.2H2S/c1-32(30,31)25-15-18-7-9-20(10-8-18)24(12-13-24)23(29)26-22(19-5-3-2-4-6-19)17-27-14-11-21(28)16-27;;/h2-10,21-22,25,28H,11-17H2,1H3,(H,26,29);2*1H2/t21-,22+;;/m0../s1. The van der Waals surface area contributed by atoms with Gasteiger partial charge in [-0.1, -0.05) is 54.6 Å². The van der Waals surface area contributed by atoms with Crippen LogP contribution < -0.4 is 10.0 Å². The summed E-state index contributed by atoms with van der Waals surface area (Å²) in [6, 6.07) is 17.4. The highest BCUT2D eigenvalue weighted by atomic mass is 32.2. The van der Waals surface area contributed by atoms with Gasteiger partial charge < -0.3 is 10.4 Å². The van der Waals surface area contributed by atoms with Gasteiger partial charge in [-0.25, -0.2) is 13.1 Å². The number of hydrogen-bond donors (Lipinski definition) is 3. The van der Waals surface area contributed by atoms with E-state index in [2.05, 4.69) is 14.9 Å². The Hall–Kier alpha value is -1.56. The predicted octanol–water partition coefficient (Wildman–Crippen LogP) is 1.92. The number of aliphatic hydroxyl groups excluding tert-OH is 1. The van der Waals surface area contributed by atoms with Crippen LogP contribution in [0.3, 0.4) is 0 Å². The molecule has 2 atom stereocenters. The Morgan fingerprint density at radius 2 is 1.76 bits per heavy atom. The lowest BCUT2D eigenvalue weighted by Crippen LogP contribution is -2.42. The molecule has 10 heteroatoms. The Kier molecular flexibility index (Phi) is 10.1. The third-order valence-electron chi connectivity index (χ3n) is 6.43. The summed E-state index contributed by atoms with van der Waals surface area (Å²) in [5, 5.41) is 13.2. The van der Waals surface area contributed by atoms with Crippen LogP contribution >= 0.6 is 27.0 Å². The van der Waals surface area contributed by atoms with E-state index in [-0.39, 0.29) is 51.6 Å². The molecule has 1 saturated carbocycles. The van der Waals surface area contributed by atoms with E-state index in [4.69, 9.17) is 0 Å². The molecular weight excluding hydrogens is 490 g/mol. The number of nitrogens with one attached hydrogen (secondary N) is 2. The van der Waals surface area contributed by atoms with Gasteiger partial charge in [0.15, 0.2) is 0 Å². The highest BCUT2D eigenvalue weighted by Gasteiger charge is 2.51. The summed E-state index contributed by atoms with van der Waals surface area (Å²) >= 11 is 0. The minimum atomic E-state index is -3.25. The average Bonchev–Trinajstić information content (AvgIpc) is 3.49. The number of amides is 1. The first-order valence-electron chi connectivity index (χ1n) is 11.1. The molecule has 188 valence electrons. The fraction of sp³-hybridized carbons (Fsp3) is 0.458. The number of benzene rings is 2. The fourth-order valence-corrected chi connectivity index (χ4v) is 4.81. The molecule has 7 nitrogen and oxygen atoms in total. The third kappa shape index (κ3) is 7.22. The van der Waals surface area contributed by atoms with E-state index in [0.29, 0.717) is 13.1 Å². The van der Waals surface area contributed by atoms with Gasteiger partial charge >= 0.3 is 0 Å². The molecule has 0 radical (unpaired) electrons. The number of nitrogens with zero attached hydrogens (tertiary/aromatic N) is 1. The zero-order valence-corrected chi connectivity index (χ0v) is 22.1. The van der Waals surface area contributed by atoms with Crippen molar-refractivity contribution in [3.8, 4) is 0 Å². The third-order valence-corrected chi connectivity index (χ3v) is 7.09. The zero-order valence-electron chi connectivity index (χ0n) is 19.3. The number of hydrogen-bond acceptors (Lipinski definition) is 5. The van der Waals surface area contributed by atoms with Crippen LogP contribution in [0.4, 0.5) is 0 Å². The van der Waals surface area contributed by atoms with Crippen molar-refractivity contribution in [2.45, 2.75) is 43.4 Å². The lowest BCUT2D eigenvalue weighted by molar-refractivity contribution is -0.124. The molecule has 34 heavy (non-hydrogen) atoms. The van der Waals surface area contributed by atoms with Crippen LogP contribution in [0.1, 0.15) is 42.0 Å². The van der Waals surface area contributed by atoms with Crippen molar-refractivity contribution in [3.05, 3.63) is 71.3 Å². The second-order valence-electron chi connectivity index (χ2n) is 9.01. The van der Waals surface area contributed by atoms with E-state index in [0.717, 1.165) is 48.8 Å². The topological polar surface area (TPSA) is 98.7 Å². The highest BCUT2D eigenvalue weighted by Crippen LogP contribution is 2.48. The lowest BCUT2D eigenvalue weighted by atomic mass is 9.93. The molecule has 0 unspecified atom stereocenters. The normalized spacial score (nSPS) is 20.0. The average molecular weight is 526 g/mol. The minimum absolute atomic E-state index is 0. The summed E-state index contributed by atoms with van der Waals surface area (Å²) < 4.78 is 25.1. The molecule has 1 amide bonds. The molecular formula is C24H35N3O4S3.